The first-order valence-electron chi connectivity index (χ1n) is 10.9. The van der Waals surface area contributed by atoms with Gasteiger partial charge in [-0.25, -0.2) is 9.78 Å². The van der Waals surface area contributed by atoms with Crippen molar-refractivity contribution in [1.82, 2.24) is 19.6 Å². The van der Waals surface area contributed by atoms with Gasteiger partial charge < -0.3 is 25.1 Å². The number of carbonyl (C=O) groups excluding carboxylic acids is 2. The van der Waals surface area contributed by atoms with E-state index in [2.05, 4.69) is 9.72 Å². The predicted molar refractivity (Wildman–Crippen MR) is 123 cm³/mol. The number of nitrogens with two attached hydrogens (primary N) is 1. The van der Waals surface area contributed by atoms with Crippen molar-refractivity contribution in [2.24, 2.45) is 5.73 Å². The van der Waals surface area contributed by atoms with Gasteiger partial charge in [-0.05, 0) is 56.2 Å². The molecule has 1 aliphatic heterocycles. The molecule has 0 aliphatic carbocycles. The second-order valence-corrected chi connectivity index (χ2v) is 8.21. The molecular formula is C24H29N5O3. The number of ether oxygens (including phenoxy) is 1. The van der Waals surface area contributed by atoms with E-state index in [1.54, 1.807) is 4.90 Å². The Bertz CT molecular complexity index is 1170. The summed E-state index contributed by atoms with van der Waals surface area (Å²) in [5.74, 6) is -0.0878. The highest BCUT2D eigenvalue weighted by atomic mass is 16.5. The number of rotatable bonds is 5. The number of nitrogens with zero attached hydrogens (tertiary/aromatic N) is 3. The average Bonchev–Trinajstić information content (AvgIpc) is 3.11. The molecule has 3 heterocycles. The number of benzene rings is 1. The molecule has 8 heteroatoms. The van der Waals surface area contributed by atoms with E-state index >= 15 is 0 Å². The van der Waals surface area contributed by atoms with Crippen LogP contribution in [0.25, 0.3) is 16.9 Å². The lowest BCUT2D eigenvalue weighted by atomic mass is 9.99. The van der Waals surface area contributed by atoms with Crippen LogP contribution in [0, 0.1) is 13.8 Å². The lowest BCUT2D eigenvalue weighted by Gasteiger charge is -2.31. The van der Waals surface area contributed by atoms with E-state index in [4.69, 9.17) is 15.5 Å². The topological polar surface area (TPSA) is 102 Å². The molecule has 168 valence electrons. The first-order chi connectivity index (χ1) is 15.4. The number of hydrogen-bond acceptors (Lipinski definition) is 4. The standard InChI is InChI=1S/C24H29N5O3/c1-4-26-23(30)17-5-6-19(16(3)12-17)22-20(29-8-7-15(2)11-21(29)27-22)13-18-14-28(24(25)31)9-10-32-18/h5-8,11-12,18H,4,9-10,13-14H2,1-3H3,(H2,25,31)(H,26,30)/t18-/m0/s1. The van der Waals surface area contributed by atoms with E-state index in [-0.39, 0.29) is 12.0 Å². The molecule has 0 unspecified atom stereocenters. The van der Waals surface area contributed by atoms with E-state index in [1.165, 1.54) is 0 Å². The zero-order chi connectivity index (χ0) is 22.8. The summed E-state index contributed by atoms with van der Waals surface area (Å²) in [6.45, 7) is 7.92. The van der Waals surface area contributed by atoms with Gasteiger partial charge in [0.25, 0.3) is 5.91 Å². The van der Waals surface area contributed by atoms with Crippen molar-refractivity contribution in [3.8, 4) is 11.3 Å². The van der Waals surface area contributed by atoms with Crippen molar-refractivity contribution < 1.29 is 14.3 Å². The summed E-state index contributed by atoms with van der Waals surface area (Å²) in [5, 5.41) is 2.84. The smallest absolute Gasteiger partial charge is 0.314 e. The molecule has 3 aromatic rings. The van der Waals surface area contributed by atoms with E-state index in [1.807, 2.05) is 57.3 Å². The molecule has 4 rings (SSSR count). The Kier molecular flexibility index (Phi) is 6.14. The van der Waals surface area contributed by atoms with Gasteiger partial charge >= 0.3 is 6.03 Å². The number of aromatic nitrogens is 2. The minimum Gasteiger partial charge on any atom is -0.374 e. The van der Waals surface area contributed by atoms with Crippen LogP contribution in [0.5, 0.6) is 0 Å². The maximum absolute atomic E-state index is 12.2. The highest BCUT2D eigenvalue weighted by Crippen LogP contribution is 2.30. The van der Waals surface area contributed by atoms with E-state index in [0.29, 0.717) is 38.2 Å². The van der Waals surface area contributed by atoms with Gasteiger partial charge in [0.1, 0.15) is 5.65 Å². The Balaban J connectivity index is 1.75. The maximum atomic E-state index is 12.2. The molecule has 0 bridgehead atoms. The van der Waals surface area contributed by atoms with Crippen LogP contribution in [0.4, 0.5) is 4.79 Å². The van der Waals surface area contributed by atoms with Crippen LogP contribution in [-0.2, 0) is 11.2 Å². The summed E-state index contributed by atoms with van der Waals surface area (Å²) in [4.78, 5) is 30.5. The number of morpholine rings is 1. The molecule has 3 amide bonds. The number of hydrogen-bond donors (Lipinski definition) is 2. The molecule has 2 aromatic heterocycles. The third-order valence-corrected chi connectivity index (χ3v) is 5.83. The zero-order valence-corrected chi connectivity index (χ0v) is 18.7. The number of primary amides is 1. The summed E-state index contributed by atoms with van der Waals surface area (Å²) in [7, 11) is 0. The highest BCUT2D eigenvalue weighted by molar-refractivity contribution is 5.95. The first-order valence-corrected chi connectivity index (χ1v) is 10.9. The highest BCUT2D eigenvalue weighted by Gasteiger charge is 2.26. The van der Waals surface area contributed by atoms with Crippen LogP contribution in [0.15, 0.2) is 36.5 Å². The van der Waals surface area contributed by atoms with Gasteiger partial charge in [-0.2, -0.15) is 0 Å². The molecule has 0 saturated carbocycles. The zero-order valence-electron chi connectivity index (χ0n) is 18.7. The third-order valence-electron chi connectivity index (χ3n) is 5.83. The first kappa shape index (κ1) is 21.8. The lowest BCUT2D eigenvalue weighted by Crippen LogP contribution is -2.48. The van der Waals surface area contributed by atoms with Crippen molar-refractivity contribution in [3.63, 3.8) is 0 Å². The largest absolute Gasteiger partial charge is 0.374 e. The number of amides is 3. The van der Waals surface area contributed by atoms with Crippen molar-refractivity contribution >= 4 is 17.6 Å². The van der Waals surface area contributed by atoms with Crippen LogP contribution in [-0.4, -0.2) is 58.6 Å². The molecule has 1 saturated heterocycles. The minimum atomic E-state index is -0.427. The van der Waals surface area contributed by atoms with Gasteiger partial charge in [-0.1, -0.05) is 6.07 Å². The van der Waals surface area contributed by atoms with Crippen molar-refractivity contribution in [2.75, 3.05) is 26.2 Å². The number of pyridine rings is 1. The fraction of sp³-hybridized carbons (Fsp3) is 0.375. The summed E-state index contributed by atoms with van der Waals surface area (Å²) in [6.07, 6.45) is 2.43. The van der Waals surface area contributed by atoms with Crippen LogP contribution < -0.4 is 11.1 Å². The molecule has 1 aromatic carbocycles. The van der Waals surface area contributed by atoms with Crippen molar-refractivity contribution in [3.05, 3.63) is 58.9 Å². The monoisotopic (exact) mass is 435 g/mol. The second-order valence-electron chi connectivity index (χ2n) is 8.21. The third kappa shape index (κ3) is 4.31. The number of fused-ring (bicyclic) bond motifs is 1. The molecule has 1 aliphatic rings. The molecular weight excluding hydrogens is 406 g/mol. The SMILES string of the molecule is CCNC(=O)c1ccc(-c2nc3cc(C)ccn3c2C[C@H]2CN(C(N)=O)CCO2)c(C)c1. The Labute approximate surface area is 187 Å². The molecule has 0 spiro atoms. The normalized spacial score (nSPS) is 16.3. The molecule has 3 N–H and O–H groups in total. The Hall–Kier alpha value is -3.39. The average molecular weight is 436 g/mol. The quantitative estimate of drug-likeness (QED) is 0.643. The summed E-state index contributed by atoms with van der Waals surface area (Å²) < 4.78 is 8.03. The molecule has 0 radical (unpaired) electrons. The number of aryl methyl sites for hydroxylation is 2. The molecule has 1 fully saturated rings. The number of urea groups is 1. The van der Waals surface area contributed by atoms with Crippen LogP contribution in [0.1, 0.15) is 34.1 Å². The second kappa shape index (κ2) is 9.00. The Morgan fingerprint density at radius 1 is 1.25 bits per heavy atom. The van der Waals surface area contributed by atoms with E-state index in [9.17, 15) is 9.59 Å². The van der Waals surface area contributed by atoms with E-state index in [0.717, 1.165) is 33.7 Å². The number of carbonyl (C=O) groups is 2. The predicted octanol–water partition coefficient (Wildman–Crippen LogP) is 2.69. The van der Waals surface area contributed by atoms with Crippen LogP contribution >= 0.6 is 0 Å². The van der Waals surface area contributed by atoms with Crippen molar-refractivity contribution in [1.29, 1.82) is 0 Å². The summed E-state index contributed by atoms with van der Waals surface area (Å²) in [6, 6.07) is 9.34. The van der Waals surface area contributed by atoms with Crippen LogP contribution in [0.3, 0.4) is 0 Å². The Morgan fingerprint density at radius 2 is 2.06 bits per heavy atom. The fourth-order valence-corrected chi connectivity index (χ4v) is 4.20. The van der Waals surface area contributed by atoms with Gasteiger partial charge in [0, 0.05) is 43.4 Å². The lowest BCUT2D eigenvalue weighted by molar-refractivity contribution is -0.0124. The van der Waals surface area contributed by atoms with Gasteiger partial charge in [-0.3, -0.25) is 4.79 Å². The number of nitrogens with one attached hydrogen (secondary N) is 1. The summed E-state index contributed by atoms with van der Waals surface area (Å²) >= 11 is 0. The van der Waals surface area contributed by atoms with Gasteiger partial charge in [0.2, 0.25) is 0 Å². The van der Waals surface area contributed by atoms with Gasteiger partial charge in [0.05, 0.1) is 24.1 Å². The molecule has 8 nitrogen and oxygen atoms in total. The van der Waals surface area contributed by atoms with E-state index < -0.39 is 6.03 Å². The fourth-order valence-electron chi connectivity index (χ4n) is 4.20. The van der Waals surface area contributed by atoms with Crippen molar-refractivity contribution in [2.45, 2.75) is 33.3 Å². The summed E-state index contributed by atoms with van der Waals surface area (Å²) in [5.41, 5.74) is 11.9. The molecule has 1 atom stereocenters. The minimum absolute atomic E-state index is 0.0878. The van der Waals surface area contributed by atoms with Gasteiger partial charge in [0.15, 0.2) is 0 Å². The maximum Gasteiger partial charge on any atom is 0.314 e. The Morgan fingerprint density at radius 3 is 2.78 bits per heavy atom. The van der Waals surface area contributed by atoms with Gasteiger partial charge in [-0.15, -0.1) is 0 Å². The van der Waals surface area contributed by atoms with Crippen LogP contribution in [0.2, 0.25) is 0 Å². The molecule has 32 heavy (non-hydrogen) atoms. The number of imidazole rings is 1.